The first-order valence-electron chi connectivity index (χ1n) is 9.39. The summed E-state index contributed by atoms with van der Waals surface area (Å²) in [6.07, 6.45) is 3.43. The topological polar surface area (TPSA) is 75.4 Å². The third-order valence-corrected chi connectivity index (χ3v) is 5.61. The molecule has 1 fully saturated rings. The monoisotopic (exact) mass is 369 g/mol. The average Bonchev–Trinajstić information content (AvgIpc) is 2.99. The quantitative estimate of drug-likeness (QED) is 0.898. The largest absolute Gasteiger partial charge is 0.478 e. The van der Waals surface area contributed by atoms with E-state index in [0.29, 0.717) is 25.2 Å². The molecule has 1 aromatic heterocycles. The van der Waals surface area contributed by atoms with E-state index in [9.17, 15) is 14.7 Å². The van der Waals surface area contributed by atoms with Gasteiger partial charge >= 0.3 is 5.97 Å². The fourth-order valence-electron chi connectivity index (χ4n) is 4.11. The normalized spacial score (nSPS) is 15.2. The van der Waals surface area contributed by atoms with Crippen molar-refractivity contribution in [2.24, 2.45) is 0 Å². The number of piperidine rings is 1. The van der Waals surface area contributed by atoms with Crippen LogP contribution in [-0.4, -0.2) is 44.8 Å². The van der Waals surface area contributed by atoms with Gasteiger partial charge in [0, 0.05) is 13.1 Å². The summed E-state index contributed by atoms with van der Waals surface area (Å²) in [5, 5.41) is 13.5. The average molecular weight is 369 g/mol. The summed E-state index contributed by atoms with van der Waals surface area (Å²) in [4.78, 5) is 25.9. The van der Waals surface area contributed by atoms with Crippen LogP contribution in [0.3, 0.4) is 0 Å². The van der Waals surface area contributed by atoms with Crippen LogP contribution in [0.1, 0.15) is 57.2 Å². The van der Waals surface area contributed by atoms with E-state index < -0.39 is 5.97 Å². The molecule has 1 aromatic carbocycles. The lowest BCUT2D eigenvalue weighted by atomic mass is 9.96. The third kappa shape index (κ3) is 3.89. The summed E-state index contributed by atoms with van der Waals surface area (Å²) in [5.41, 5.74) is 5.62. The second-order valence-electron chi connectivity index (χ2n) is 7.56. The Hall–Kier alpha value is -2.63. The van der Waals surface area contributed by atoms with Crippen LogP contribution in [0.2, 0.25) is 0 Å². The van der Waals surface area contributed by atoms with Crippen LogP contribution in [0, 0.1) is 27.7 Å². The molecule has 6 heteroatoms. The molecular formula is C21H27N3O3. The Morgan fingerprint density at radius 2 is 1.70 bits per heavy atom. The van der Waals surface area contributed by atoms with Gasteiger partial charge in [-0.05, 0) is 57.2 Å². The number of carboxylic acids is 1. The van der Waals surface area contributed by atoms with Crippen molar-refractivity contribution in [3.63, 3.8) is 0 Å². The molecule has 0 bridgehead atoms. The second kappa shape index (κ2) is 7.55. The smallest absolute Gasteiger partial charge is 0.339 e. The number of amides is 1. The predicted octanol–water partition coefficient (Wildman–Crippen LogP) is 3.22. The van der Waals surface area contributed by atoms with Crippen molar-refractivity contribution in [2.45, 2.75) is 53.0 Å². The van der Waals surface area contributed by atoms with Crippen LogP contribution in [0.25, 0.3) is 0 Å². The fraction of sp³-hybridized carbons (Fsp3) is 0.476. The molecule has 6 nitrogen and oxygen atoms in total. The molecule has 2 heterocycles. The number of rotatable bonds is 4. The third-order valence-electron chi connectivity index (χ3n) is 5.61. The fourth-order valence-corrected chi connectivity index (χ4v) is 4.11. The minimum absolute atomic E-state index is 0.144. The van der Waals surface area contributed by atoms with Gasteiger partial charge in [0.05, 0.1) is 24.4 Å². The van der Waals surface area contributed by atoms with E-state index in [1.807, 2.05) is 4.90 Å². The molecular weight excluding hydrogens is 342 g/mol. The maximum atomic E-state index is 12.8. The zero-order valence-corrected chi connectivity index (χ0v) is 16.5. The first-order chi connectivity index (χ1) is 12.8. The lowest BCUT2D eigenvalue weighted by molar-refractivity contribution is -0.131. The van der Waals surface area contributed by atoms with Crippen molar-refractivity contribution in [3.05, 3.63) is 51.8 Å². The van der Waals surface area contributed by atoms with Crippen molar-refractivity contribution >= 4 is 11.9 Å². The van der Waals surface area contributed by atoms with Crippen molar-refractivity contribution in [2.75, 3.05) is 13.1 Å². The number of aromatic carboxylic acids is 1. The highest BCUT2D eigenvalue weighted by Gasteiger charge is 2.27. The number of benzene rings is 1. The van der Waals surface area contributed by atoms with Gasteiger partial charge < -0.3 is 10.0 Å². The molecule has 0 saturated carbocycles. The van der Waals surface area contributed by atoms with Crippen LogP contribution >= 0.6 is 0 Å². The van der Waals surface area contributed by atoms with Crippen molar-refractivity contribution in [1.82, 2.24) is 14.7 Å². The summed E-state index contributed by atoms with van der Waals surface area (Å²) in [7, 11) is 0. The maximum Gasteiger partial charge on any atom is 0.339 e. The molecule has 0 atom stereocenters. The highest BCUT2D eigenvalue weighted by atomic mass is 16.4. The number of hydrogen-bond donors (Lipinski definition) is 1. The van der Waals surface area contributed by atoms with E-state index in [1.165, 1.54) is 22.9 Å². The Morgan fingerprint density at radius 1 is 1.11 bits per heavy atom. The minimum Gasteiger partial charge on any atom is -0.478 e. The molecule has 1 N–H and O–H groups in total. The number of carbonyl (C=O) groups is 2. The molecule has 2 aromatic rings. The molecule has 3 rings (SSSR count). The first kappa shape index (κ1) is 19.1. The van der Waals surface area contributed by atoms with Crippen LogP contribution < -0.4 is 0 Å². The van der Waals surface area contributed by atoms with E-state index in [0.717, 1.165) is 18.4 Å². The van der Waals surface area contributed by atoms with E-state index in [-0.39, 0.29) is 17.5 Å². The van der Waals surface area contributed by atoms with Crippen LogP contribution in [0.4, 0.5) is 0 Å². The maximum absolute atomic E-state index is 12.8. The highest BCUT2D eigenvalue weighted by Crippen LogP contribution is 2.26. The SMILES string of the molecule is Cc1cc(C)c(CC(=O)N2CCC(n3ncc(C(=O)O)c3C)CC2)c(C)c1. The Balaban J connectivity index is 1.64. The number of nitrogens with zero attached hydrogens (tertiary/aromatic N) is 3. The summed E-state index contributed by atoms with van der Waals surface area (Å²) >= 11 is 0. The standard InChI is InChI=1S/C21H27N3O3/c1-13-9-14(2)18(15(3)10-13)11-20(25)23-7-5-17(6-8-23)24-16(4)19(12-22-24)21(26)27/h9-10,12,17H,5-8,11H2,1-4H3,(H,26,27). The molecule has 144 valence electrons. The van der Waals surface area contributed by atoms with Crippen molar-refractivity contribution in [1.29, 1.82) is 0 Å². The minimum atomic E-state index is -0.949. The number of carbonyl (C=O) groups excluding carboxylic acids is 1. The Morgan fingerprint density at radius 3 is 2.22 bits per heavy atom. The van der Waals surface area contributed by atoms with Gasteiger partial charge in [-0.15, -0.1) is 0 Å². The van der Waals surface area contributed by atoms with E-state index in [4.69, 9.17) is 0 Å². The van der Waals surface area contributed by atoms with E-state index in [1.54, 1.807) is 11.6 Å². The zero-order chi connectivity index (χ0) is 19.7. The number of aromatic nitrogens is 2. The number of likely N-dealkylation sites (tertiary alicyclic amines) is 1. The predicted molar refractivity (Wildman–Crippen MR) is 103 cm³/mol. The van der Waals surface area contributed by atoms with Gasteiger partial charge in [0.15, 0.2) is 0 Å². The zero-order valence-electron chi connectivity index (χ0n) is 16.5. The van der Waals surface area contributed by atoms with Gasteiger partial charge in [-0.1, -0.05) is 17.7 Å². The van der Waals surface area contributed by atoms with Crippen LogP contribution in [0.5, 0.6) is 0 Å². The summed E-state index contributed by atoms with van der Waals surface area (Å²) in [6, 6.07) is 4.40. The molecule has 0 unspecified atom stereocenters. The Kier molecular flexibility index (Phi) is 5.35. The Bertz CT molecular complexity index is 854. The molecule has 1 saturated heterocycles. The summed E-state index contributed by atoms with van der Waals surface area (Å²) in [5.74, 6) is -0.790. The van der Waals surface area contributed by atoms with Gasteiger partial charge in [0.25, 0.3) is 0 Å². The Labute approximate surface area is 159 Å². The molecule has 0 spiro atoms. The lowest BCUT2D eigenvalue weighted by Crippen LogP contribution is -2.40. The van der Waals surface area contributed by atoms with Gasteiger partial charge in [-0.3, -0.25) is 9.48 Å². The number of carboxylic acid groups (broad SMARTS) is 1. The highest BCUT2D eigenvalue weighted by molar-refractivity contribution is 5.88. The van der Waals surface area contributed by atoms with Crippen LogP contribution in [-0.2, 0) is 11.2 Å². The van der Waals surface area contributed by atoms with E-state index in [2.05, 4.69) is 38.0 Å². The lowest BCUT2D eigenvalue weighted by Gasteiger charge is -2.33. The van der Waals surface area contributed by atoms with Crippen molar-refractivity contribution in [3.8, 4) is 0 Å². The molecule has 1 aliphatic rings. The molecule has 1 aliphatic heterocycles. The van der Waals surface area contributed by atoms with Gasteiger partial charge in [-0.2, -0.15) is 5.10 Å². The summed E-state index contributed by atoms with van der Waals surface area (Å²) in [6.45, 7) is 9.34. The van der Waals surface area contributed by atoms with Gasteiger partial charge in [0.2, 0.25) is 5.91 Å². The van der Waals surface area contributed by atoms with Crippen molar-refractivity contribution < 1.29 is 14.7 Å². The van der Waals surface area contributed by atoms with Gasteiger partial charge in [-0.25, -0.2) is 4.79 Å². The van der Waals surface area contributed by atoms with E-state index >= 15 is 0 Å². The van der Waals surface area contributed by atoms with Crippen LogP contribution in [0.15, 0.2) is 18.3 Å². The number of aryl methyl sites for hydroxylation is 3. The molecule has 1 amide bonds. The molecule has 0 aliphatic carbocycles. The first-order valence-corrected chi connectivity index (χ1v) is 9.39. The van der Waals surface area contributed by atoms with Gasteiger partial charge in [0.1, 0.15) is 5.56 Å². The second-order valence-corrected chi connectivity index (χ2v) is 7.56. The summed E-state index contributed by atoms with van der Waals surface area (Å²) < 4.78 is 1.81. The number of hydrogen-bond acceptors (Lipinski definition) is 3. The molecule has 0 radical (unpaired) electrons. The molecule has 27 heavy (non-hydrogen) atoms.